The molecule has 8 heteroatoms. The summed E-state index contributed by atoms with van der Waals surface area (Å²) in [4.78, 5) is 4.54. The van der Waals surface area contributed by atoms with Crippen LogP contribution in [0.2, 0.25) is 0 Å². The molecule has 1 aliphatic rings. The van der Waals surface area contributed by atoms with Gasteiger partial charge in [0.15, 0.2) is 11.2 Å². The van der Waals surface area contributed by atoms with Crippen molar-refractivity contribution in [3.63, 3.8) is 0 Å². The van der Waals surface area contributed by atoms with Crippen LogP contribution in [0.25, 0.3) is 49.9 Å². The quantitative estimate of drug-likeness (QED) is 0.119. The fourth-order valence-electron chi connectivity index (χ4n) is 12.0. The number of halogens is 2. The van der Waals surface area contributed by atoms with Crippen LogP contribution >= 0.6 is 31.9 Å². The van der Waals surface area contributed by atoms with Gasteiger partial charge in [0.1, 0.15) is 11.5 Å². The van der Waals surface area contributed by atoms with E-state index in [9.17, 15) is 10.2 Å². The molecule has 1 heterocycles. The van der Waals surface area contributed by atoms with Crippen molar-refractivity contribution in [3.05, 3.63) is 389 Å². The Morgan fingerprint density at radius 2 is 0.760 bits per heavy atom. The number of terminal acetylenes is 1. The van der Waals surface area contributed by atoms with Gasteiger partial charge in [-0.15, -0.1) is 6.42 Å². The molecule has 2 N–H and O–H groups in total. The Balaban J connectivity index is 0.000000150. The van der Waals surface area contributed by atoms with Crippen LogP contribution in [0.4, 0.5) is 34.1 Å². The van der Waals surface area contributed by atoms with Gasteiger partial charge < -0.3 is 29.5 Å². The van der Waals surface area contributed by atoms with Gasteiger partial charge in [0.05, 0.1) is 0 Å². The van der Waals surface area contributed by atoms with E-state index in [1.807, 2.05) is 78.9 Å². The molecule has 0 saturated carbocycles. The lowest BCUT2D eigenvalue weighted by atomic mass is 9.83. The van der Waals surface area contributed by atoms with Crippen molar-refractivity contribution < 1.29 is 19.7 Å². The molecule has 0 bridgehead atoms. The summed E-state index contributed by atoms with van der Waals surface area (Å²) in [6.45, 7) is 0. The monoisotopic (exact) mass is 1370 g/mol. The molecule has 0 radical (unpaired) electrons. The van der Waals surface area contributed by atoms with E-state index < -0.39 is 11.2 Å². The molecule has 14 aromatic carbocycles. The SMILES string of the molecule is Brc1ccc(C2(c3ccccc3)C=Cc3c(ccc4cc(-c5ccc(N(c6ccccc6)c6ccccc6)cc5)ccc34)O2)cc1.C#CC(O)(c1ccccc1)c1ccc(Br)cc1.COC.Oc1ccc2cc(-c3ccc(N(c4ccccc4)c4ccccc4)cc3)ccc2c1. The molecule has 15 rings (SSSR count). The average molecular weight is 1380 g/mol. The lowest BCUT2D eigenvalue weighted by Gasteiger charge is -2.36. The minimum atomic E-state index is -1.37. The maximum Gasteiger partial charge on any atom is 0.178 e. The second kappa shape index (κ2) is 30.4. The second-order valence-corrected chi connectivity index (χ2v) is 24.8. The number of hydrogen-bond acceptors (Lipinski definition) is 6. The second-order valence-electron chi connectivity index (χ2n) is 22.9. The maximum atomic E-state index is 10.6. The molecular weight excluding hydrogens is 1310 g/mol. The summed E-state index contributed by atoms with van der Waals surface area (Å²) < 4.78 is 13.2. The molecule has 2 unspecified atom stereocenters. The number of phenolic OH excluding ortho intramolecular Hbond substituents is 1. The van der Waals surface area contributed by atoms with Crippen molar-refractivity contribution in [2.24, 2.45) is 0 Å². The van der Waals surface area contributed by atoms with Gasteiger partial charge in [-0.2, -0.15) is 0 Å². The number of aliphatic hydroxyl groups is 1. The number of methoxy groups -OCH3 is 1. The summed E-state index contributed by atoms with van der Waals surface area (Å²) in [6, 6.07) is 118. The lowest BCUT2D eigenvalue weighted by molar-refractivity contribution is 0.145. The van der Waals surface area contributed by atoms with Gasteiger partial charge in [0, 0.05) is 85.1 Å². The van der Waals surface area contributed by atoms with Crippen LogP contribution in [0.5, 0.6) is 11.5 Å². The first-order valence-corrected chi connectivity index (χ1v) is 33.1. The number of nitrogens with zero attached hydrogens (tertiary/aromatic N) is 2. The molecule has 0 saturated heterocycles. The van der Waals surface area contributed by atoms with E-state index >= 15 is 0 Å². The first-order valence-electron chi connectivity index (χ1n) is 31.5. The van der Waals surface area contributed by atoms with Crippen LogP contribution in [-0.4, -0.2) is 24.4 Å². The van der Waals surface area contributed by atoms with Crippen LogP contribution < -0.4 is 14.5 Å². The van der Waals surface area contributed by atoms with Gasteiger partial charge in [-0.1, -0.05) is 256 Å². The highest BCUT2D eigenvalue weighted by Gasteiger charge is 2.37. The Labute approximate surface area is 579 Å². The molecule has 14 aromatic rings. The average Bonchev–Trinajstić information content (AvgIpc) is 0.749. The molecule has 6 nitrogen and oxygen atoms in total. The molecule has 0 amide bonds. The van der Waals surface area contributed by atoms with E-state index in [0.29, 0.717) is 16.9 Å². The number of hydrogen-bond donors (Lipinski definition) is 2. The number of ether oxygens (including phenoxy) is 2. The minimum absolute atomic E-state index is 0.293. The third-order valence-corrected chi connectivity index (χ3v) is 17.8. The fourth-order valence-corrected chi connectivity index (χ4v) is 12.5. The minimum Gasteiger partial charge on any atom is -0.508 e. The van der Waals surface area contributed by atoms with Crippen molar-refractivity contribution in [3.8, 4) is 46.1 Å². The lowest BCUT2D eigenvalue weighted by Crippen LogP contribution is -2.34. The topological polar surface area (TPSA) is 65.4 Å². The van der Waals surface area contributed by atoms with Gasteiger partial charge in [0.25, 0.3) is 0 Å². The summed E-state index contributed by atoms with van der Waals surface area (Å²) >= 11 is 6.94. The van der Waals surface area contributed by atoms with Gasteiger partial charge in [-0.3, -0.25) is 0 Å². The third-order valence-electron chi connectivity index (χ3n) is 16.7. The molecular formula is C88H68Br2N2O4. The zero-order chi connectivity index (χ0) is 66.3. The van der Waals surface area contributed by atoms with E-state index in [0.717, 1.165) is 87.4 Å². The van der Waals surface area contributed by atoms with Gasteiger partial charge in [-0.05, 0) is 183 Å². The smallest absolute Gasteiger partial charge is 0.178 e. The van der Waals surface area contributed by atoms with Gasteiger partial charge in [0.2, 0.25) is 0 Å². The highest BCUT2D eigenvalue weighted by Crippen LogP contribution is 2.46. The van der Waals surface area contributed by atoms with E-state index in [1.165, 1.54) is 21.9 Å². The Morgan fingerprint density at radius 3 is 1.24 bits per heavy atom. The summed E-state index contributed by atoms with van der Waals surface area (Å²) in [5, 5.41) is 24.8. The first kappa shape index (κ1) is 65.1. The highest BCUT2D eigenvalue weighted by molar-refractivity contribution is 9.10. The summed E-state index contributed by atoms with van der Waals surface area (Å²) in [5.74, 6) is 3.64. The number of anilines is 6. The number of para-hydroxylation sites is 4. The van der Waals surface area contributed by atoms with Crippen molar-refractivity contribution in [2.45, 2.75) is 11.2 Å². The van der Waals surface area contributed by atoms with Crippen LogP contribution in [-0.2, 0) is 15.9 Å². The number of fused-ring (bicyclic) bond motifs is 4. The van der Waals surface area contributed by atoms with Crippen molar-refractivity contribution in [2.75, 3.05) is 24.0 Å². The number of benzene rings is 14. The molecule has 2 atom stereocenters. The van der Waals surface area contributed by atoms with E-state index in [1.54, 1.807) is 26.4 Å². The predicted octanol–water partition coefficient (Wildman–Crippen LogP) is 23.4. The third kappa shape index (κ3) is 14.7. The molecule has 468 valence electrons. The number of phenols is 1. The van der Waals surface area contributed by atoms with E-state index in [-0.39, 0.29) is 0 Å². The maximum absolute atomic E-state index is 10.6. The molecule has 1 aliphatic heterocycles. The fraction of sp³-hybridized carbons (Fsp3) is 0.0455. The summed E-state index contributed by atoms with van der Waals surface area (Å²) in [5.41, 5.74) is 14.0. The van der Waals surface area contributed by atoms with E-state index in [2.05, 4.69) is 319 Å². The Bertz CT molecular complexity index is 4850. The van der Waals surface area contributed by atoms with Crippen LogP contribution in [0.15, 0.2) is 361 Å². The number of rotatable bonds is 12. The zero-order valence-corrected chi connectivity index (χ0v) is 56.2. The number of aromatic hydroxyl groups is 1. The van der Waals surface area contributed by atoms with Gasteiger partial charge >= 0.3 is 0 Å². The van der Waals surface area contributed by atoms with Crippen molar-refractivity contribution >= 4 is 93.6 Å². The van der Waals surface area contributed by atoms with E-state index in [4.69, 9.17) is 11.2 Å². The van der Waals surface area contributed by atoms with Crippen molar-refractivity contribution in [1.82, 2.24) is 0 Å². The molecule has 96 heavy (non-hydrogen) atoms. The standard InChI is InChI=1S/C43H30BrNO.C28H21NO.C15H11BrO.C2H6O/c44-36-22-20-35(21-23-36)43(34-10-4-1-5-11-34)29-28-41-40-26-18-32(30-33(40)19-27-42(41)46-43)31-16-24-39(25-17-31)45(37-12-6-2-7-13-37)38-14-8-3-9-15-38;30-28-18-15-23-19-22(11-12-24(23)20-28)21-13-16-27(17-14-21)29(25-7-3-1-4-8-25)26-9-5-2-6-10-26;1-2-15(17,12-6-4-3-5-7-12)13-8-10-14(16)11-9-13;1-3-2/h1-30H;1-20,30H;1,3-11,17H;1-2H3. The van der Waals surface area contributed by atoms with Gasteiger partial charge in [-0.25, -0.2) is 0 Å². The Hall–Kier alpha value is -11.0. The molecule has 0 aromatic heterocycles. The Morgan fingerprint density at radius 1 is 0.396 bits per heavy atom. The molecule has 0 aliphatic carbocycles. The van der Waals surface area contributed by atoms with Crippen LogP contribution in [0.1, 0.15) is 27.8 Å². The highest BCUT2D eigenvalue weighted by atomic mass is 79.9. The normalized spacial score (nSPS) is 13.3. The Kier molecular flexibility index (Phi) is 20.6. The summed E-state index contributed by atoms with van der Waals surface area (Å²) in [6.07, 6.45) is 9.93. The van der Waals surface area contributed by atoms with Crippen LogP contribution in [0.3, 0.4) is 0 Å². The largest absolute Gasteiger partial charge is 0.508 e. The predicted molar refractivity (Wildman–Crippen MR) is 406 cm³/mol. The molecule has 0 spiro atoms. The molecule has 0 fully saturated rings. The first-order chi connectivity index (χ1) is 47.0. The van der Waals surface area contributed by atoms with Crippen molar-refractivity contribution in [1.29, 1.82) is 0 Å². The zero-order valence-electron chi connectivity index (χ0n) is 53.0. The van der Waals surface area contributed by atoms with Crippen LogP contribution in [0, 0.1) is 12.3 Å². The summed E-state index contributed by atoms with van der Waals surface area (Å²) in [7, 11) is 3.25.